The molecule has 1 aliphatic heterocycles. The number of halogens is 1. The Labute approximate surface area is 196 Å². The Bertz CT molecular complexity index is 1290. The van der Waals surface area contributed by atoms with Crippen molar-refractivity contribution in [2.45, 2.75) is 32.0 Å². The third-order valence-corrected chi connectivity index (χ3v) is 7.85. The van der Waals surface area contributed by atoms with Crippen molar-refractivity contribution in [3.63, 3.8) is 0 Å². The molecule has 3 aromatic rings. The van der Waals surface area contributed by atoms with Gasteiger partial charge in [0.05, 0.1) is 39.8 Å². The summed E-state index contributed by atoms with van der Waals surface area (Å²) in [6.45, 7) is 1.34. The number of fused-ring (bicyclic) bond motifs is 1. The van der Waals surface area contributed by atoms with E-state index in [0.29, 0.717) is 53.8 Å². The Morgan fingerprint density at radius 3 is 2.58 bits per heavy atom. The average Bonchev–Trinajstić information content (AvgIpc) is 3.51. The maximum atomic E-state index is 11.9. The predicted octanol–water partition coefficient (Wildman–Crippen LogP) is 1.25. The van der Waals surface area contributed by atoms with Crippen LogP contribution >= 0.6 is 11.6 Å². The van der Waals surface area contributed by atoms with Crippen molar-refractivity contribution < 1.29 is 8.42 Å². The molecule has 5 rings (SSSR count). The Balaban J connectivity index is 1.52. The normalized spacial score (nSPS) is 18.0. The molecule has 1 saturated heterocycles. The van der Waals surface area contributed by atoms with Gasteiger partial charge in [-0.2, -0.15) is 4.98 Å². The van der Waals surface area contributed by atoms with Crippen molar-refractivity contribution in [2.24, 2.45) is 11.5 Å². The Morgan fingerprint density at radius 2 is 1.91 bits per heavy atom. The number of nitrogens with zero attached hydrogens (tertiary/aromatic N) is 5. The molecule has 0 unspecified atom stereocenters. The zero-order valence-corrected chi connectivity index (χ0v) is 19.5. The quantitative estimate of drug-likeness (QED) is 0.379. The molecule has 0 spiro atoms. The fraction of sp³-hybridized carbons (Fsp3) is 0.450. The van der Waals surface area contributed by atoms with Gasteiger partial charge in [0.2, 0.25) is 5.95 Å². The maximum absolute atomic E-state index is 11.9. The van der Waals surface area contributed by atoms with Gasteiger partial charge in [-0.05, 0) is 30.5 Å². The maximum Gasteiger partial charge on any atom is 0.247 e. The van der Waals surface area contributed by atoms with E-state index < -0.39 is 9.84 Å². The lowest BCUT2D eigenvalue weighted by molar-refractivity contribution is 0.587. The van der Waals surface area contributed by atoms with Gasteiger partial charge in [0, 0.05) is 32.2 Å². The minimum Gasteiger partial charge on any atom is -0.368 e. The Morgan fingerprint density at radius 1 is 1.15 bits per heavy atom. The van der Waals surface area contributed by atoms with Crippen molar-refractivity contribution in [1.29, 1.82) is 0 Å². The monoisotopic (exact) mass is 491 g/mol. The molecule has 1 aliphatic carbocycles. The number of nitrogens with two attached hydrogens (primary N) is 2. The van der Waals surface area contributed by atoms with Crippen LogP contribution in [0.4, 0.5) is 23.1 Å². The fourth-order valence-corrected chi connectivity index (χ4v) is 5.29. The molecule has 6 N–H and O–H groups in total. The molecule has 0 atom stereocenters. The number of nitrogens with one attached hydrogen (secondary N) is 2. The van der Waals surface area contributed by atoms with E-state index in [1.165, 1.54) is 0 Å². The first-order valence-electron chi connectivity index (χ1n) is 10.8. The summed E-state index contributed by atoms with van der Waals surface area (Å²) in [5, 5.41) is 11.7. The van der Waals surface area contributed by atoms with E-state index in [4.69, 9.17) is 23.1 Å². The molecule has 3 heterocycles. The van der Waals surface area contributed by atoms with Crippen molar-refractivity contribution in [3.05, 3.63) is 34.6 Å². The van der Waals surface area contributed by atoms with Gasteiger partial charge in [-0.15, -0.1) is 5.10 Å². The molecular weight excluding hydrogens is 466 g/mol. The summed E-state index contributed by atoms with van der Waals surface area (Å²) in [6, 6.07) is 4.13. The van der Waals surface area contributed by atoms with Gasteiger partial charge >= 0.3 is 0 Å². The second-order valence-corrected chi connectivity index (χ2v) is 11.0. The minimum absolute atomic E-state index is 0.0947. The van der Waals surface area contributed by atoms with Crippen LogP contribution in [0.3, 0.4) is 0 Å². The molecule has 13 heteroatoms. The highest BCUT2D eigenvalue weighted by Gasteiger charge is 2.26. The summed E-state index contributed by atoms with van der Waals surface area (Å²) >= 11 is 6.78. The van der Waals surface area contributed by atoms with Gasteiger partial charge < -0.3 is 27.0 Å². The van der Waals surface area contributed by atoms with E-state index in [1.807, 2.05) is 17.0 Å². The Hall–Kier alpha value is -2.67. The second-order valence-electron chi connectivity index (χ2n) is 8.34. The van der Waals surface area contributed by atoms with E-state index in [-0.39, 0.29) is 18.1 Å². The van der Waals surface area contributed by atoms with Crippen LogP contribution < -0.4 is 27.0 Å². The van der Waals surface area contributed by atoms with Crippen LogP contribution in [0.25, 0.3) is 5.65 Å². The predicted molar refractivity (Wildman–Crippen MR) is 129 cm³/mol. The first-order chi connectivity index (χ1) is 15.9. The van der Waals surface area contributed by atoms with E-state index in [9.17, 15) is 8.42 Å². The van der Waals surface area contributed by atoms with Crippen LogP contribution in [0.2, 0.25) is 5.02 Å². The molecule has 1 saturated carbocycles. The number of anilines is 4. The molecule has 2 fully saturated rings. The van der Waals surface area contributed by atoms with Crippen molar-refractivity contribution in [1.82, 2.24) is 19.6 Å². The third-order valence-electron chi connectivity index (χ3n) is 5.84. The highest BCUT2D eigenvalue weighted by atomic mass is 35.5. The smallest absolute Gasteiger partial charge is 0.247 e. The topological polar surface area (TPSA) is 157 Å². The van der Waals surface area contributed by atoms with E-state index in [2.05, 4.69) is 25.7 Å². The van der Waals surface area contributed by atoms with Gasteiger partial charge in [-0.3, -0.25) is 0 Å². The lowest BCUT2D eigenvalue weighted by Crippen LogP contribution is -2.40. The van der Waals surface area contributed by atoms with E-state index in [0.717, 1.165) is 29.8 Å². The van der Waals surface area contributed by atoms with Gasteiger partial charge in [0.1, 0.15) is 0 Å². The summed E-state index contributed by atoms with van der Waals surface area (Å²) in [4.78, 5) is 11.0. The standard InChI is InChI=1S/C20H26ClN9O2S/c21-17-15(7-12(9-22)8-16(17)29-3-5-33(31,32)6-4-29)26-20-27-18(25-13-1-2-13)19-24-11-14(10-23)30(19)28-20/h7-8,11,13H,1-6,9-10,22-23H2,(H2,25,26,27,28). The van der Waals surface area contributed by atoms with Gasteiger partial charge in [-0.1, -0.05) is 11.6 Å². The summed E-state index contributed by atoms with van der Waals surface area (Å²) < 4.78 is 25.4. The highest BCUT2D eigenvalue weighted by Crippen LogP contribution is 2.37. The first-order valence-corrected chi connectivity index (χ1v) is 13.0. The van der Waals surface area contributed by atoms with Crippen LogP contribution in [0.15, 0.2) is 18.3 Å². The molecule has 11 nitrogen and oxygen atoms in total. The number of benzene rings is 1. The van der Waals surface area contributed by atoms with Crippen molar-refractivity contribution in [3.8, 4) is 0 Å². The molecule has 176 valence electrons. The summed E-state index contributed by atoms with van der Waals surface area (Å²) in [7, 11) is -3.01. The lowest BCUT2D eigenvalue weighted by atomic mass is 10.1. The van der Waals surface area contributed by atoms with Gasteiger partial charge in [-0.25, -0.2) is 17.9 Å². The van der Waals surface area contributed by atoms with Crippen LogP contribution in [0.5, 0.6) is 0 Å². The fourth-order valence-electron chi connectivity index (χ4n) is 3.82. The molecule has 1 aromatic carbocycles. The molecule has 2 aromatic heterocycles. The van der Waals surface area contributed by atoms with Crippen LogP contribution in [-0.2, 0) is 22.9 Å². The zero-order chi connectivity index (χ0) is 23.2. The molecule has 2 aliphatic rings. The molecule has 0 amide bonds. The number of sulfone groups is 1. The van der Waals surface area contributed by atoms with Crippen LogP contribution in [0.1, 0.15) is 24.1 Å². The molecule has 0 radical (unpaired) electrons. The molecule has 33 heavy (non-hydrogen) atoms. The van der Waals surface area contributed by atoms with Crippen LogP contribution in [0, 0.1) is 0 Å². The van der Waals surface area contributed by atoms with Gasteiger partial charge in [0.15, 0.2) is 21.3 Å². The van der Waals surface area contributed by atoms with E-state index >= 15 is 0 Å². The molecule has 0 bridgehead atoms. The first kappa shape index (κ1) is 22.1. The largest absolute Gasteiger partial charge is 0.368 e. The van der Waals surface area contributed by atoms with Gasteiger partial charge in [0.25, 0.3) is 0 Å². The summed E-state index contributed by atoms with van der Waals surface area (Å²) in [5.74, 6) is 1.15. The molecular formula is C20H26ClN9O2S. The SMILES string of the molecule is NCc1cc(Nc2nc(NC3CC3)c3ncc(CN)n3n2)c(Cl)c(N2CCS(=O)(=O)CC2)c1. The number of rotatable bonds is 7. The van der Waals surface area contributed by atoms with Crippen LogP contribution in [-0.4, -0.2) is 58.6 Å². The minimum atomic E-state index is -3.01. The Kier molecular flexibility index (Phi) is 5.77. The average molecular weight is 492 g/mol. The summed E-state index contributed by atoms with van der Waals surface area (Å²) in [6.07, 6.45) is 3.86. The van der Waals surface area contributed by atoms with E-state index in [1.54, 1.807) is 10.7 Å². The second kappa shape index (κ2) is 8.60. The highest BCUT2D eigenvalue weighted by molar-refractivity contribution is 7.91. The number of hydrogen-bond acceptors (Lipinski definition) is 10. The number of imidazole rings is 1. The lowest BCUT2D eigenvalue weighted by Gasteiger charge is -2.30. The zero-order valence-electron chi connectivity index (χ0n) is 18.0. The van der Waals surface area contributed by atoms with Crippen molar-refractivity contribution >= 4 is 50.2 Å². The number of hydrogen-bond donors (Lipinski definition) is 4. The third kappa shape index (κ3) is 4.56. The number of aromatic nitrogens is 4. The summed E-state index contributed by atoms with van der Waals surface area (Å²) in [5.41, 5.74) is 15.4. The van der Waals surface area contributed by atoms with Crippen molar-refractivity contribution in [2.75, 3.05) is 40.1 Å².